The van der Waals surface area contributed by atoms with E-state index in [9.17, 15) is 0 Å². The Morgan fingerprint density at radius 3 is 2.97 bits per heavy atom. The van der Waals surface area contributed by atoms with Crippen molar-refractivity contribution >= 4 is 47.0 Å². The van der Waals surface area contributed by atoms with Crippen LogP contribution in [0.5, 0.6) is 0 Å². The summed E-state index contributed by atoms with van der Waals surface area (Å²) in [5.41, 5.74) is 1.42. The van der Waals surface area contributed by atoms with Crippen LogP contribution in [0, 0.1) is 11.7 Å². The quantitative estimate of drug-likeness (QED) is 0.402. The number of nitrogens with zero attached hydrogens (tertiary/aromatic N) is 3. The Bertz CT molecular complexity index is 1190. The molecule has 0 saturated carbocycles. The maximum absolute atomic E-state index is 5.58. The summed E-state index contributed by atoms with van der Waals surface area (Å²) in [6.07, 6.45) is 4.87. The first-order chi connectivity index (χ1) is 14.2. The highest BCUT2D eigenvalue weighted by molar-refractivity contribution is 7.71. The summed E-state index contributed by atoms with van der Waals surface area (Å²) in [7, 11) is 0. The summed E-state index contributed by atoms with van der Waals surface area (Å²) in [4.78, 5) is 9.82. The average molecular weight is 441 g/mol. The molecule has 148 valence electrons. The zero-order valence-electron chi connectivity index (χ0n) is 15.9. The highest BCUT2D eigenvalue weighted by Crippen LogP contribution is 2.39. The molecule has 1 atom stereocenters. The molecule has 5 nitrogen and oxygen atoms in total. The fraction of sp³-hybridized carbons (Fsp3) is 0.238. The van der Waals surface area contributed by atoms with E-state index in [1.807, 2.05) is 58.6 Å². The van der Waals surface area contributed by atoms with E-state index in [1.165, 1.54) is 15.3 Å². The summed E-state index contributed by atoms with van der Waals surface area (Å²) < 4.78 is 8.08. The van der Waals surface area contributed by atoms with Gasteiger partial charge in [-0.1, -0.05) is 6.07 Å². The van der Waals surface area contributed by atoms with Gasteiger partial charge in [0.1, 0.15) is 17.3 Å². The lowest BCUT2D eigenvalue weighted by atomic mass is 9.99. The van der Waals surface area contributed by atoms with Gasteiger partial charge in [-0.2, -0.15) is 4.98 Å². The Balaban J connectivity index is 1.40. The van der Waals surface area contributed by atoms with Gasteiger partial charge >= 0.3 is 0 Å². The van der Waals surface area contributed by atoms with E-state index in [4.69, 9.17) is 16.6 Å². The van der Waals surface area contributed by atoms with Crippen LogP contribution < -0.4 is 0 Å². The molecule has 1 aliphatic heterocycles. The van der Waals surface area contributed by atoms with E-state index < -0.39 is 0 Å². The van der Waals surface area contributed by atoms with Crippen molar-refractivity contribution in [3.63, 3.8) is 0 Å². The molecule has 0 aromatic carbocycles. The second-order valence-electron chi connectivity index (χ2n) is 7.02. The molecule has 0 saturated heterocycles. The zero-order valence-corrected chi connectivity index (χ0v) is 18.3. The van der Waals surface area contributed by atoms with Gasteiger partial charge in [-0.15, -0.1) is 22.7 Å². The number of H-pyrrole nitrogens is 1. The van der Waals surface area contributed by atoms with Gasteiger partial charge in [0.25, 0.3) is 0 Å². The van der Waals surface area contributed by atoms with Gasteiger partial charge in [0.05, 0.1) is 12.7 Å². The molecule has 4 aromatic heterocycles. The van der Waals surface area contributed by atoms with Crippen molar-refractivity contribution in [1.29, 1.82) is 0 Å². The van der Waals surface area contributed by atoms with Gasteiger partial charge in [0.15, 0.2) is 0 Å². The third-order valence-corrected chi connectivity index (χ3v) is 7.30. The van der Waals surface area contributed by atoms with Crippen LogP contribution in [0.2, 0.25) is 0 Å². The van der Waals surface area contributed by atoms with Crippen LogP contribution in [0.25, 0.3) is 12.2 Å². The molecule has 0 bridgehead atoms. The molecule has 0 fully saturated rings. The van der Waals surface area contributed by atoms with Gasteiger partial charge in [-0.25, -0.2) is 4.68 Å². The van der Waals surface area contributed by atoms with Crippen molar-refractivity contribution in [1.82, 2.24) is 19.7 Å². The maximum Gasteiger partial charge on any atom is 0.217 e. The number of nitrogens with one attached hydrogen (secondary N) is 1. The summed E-state index contributed by atoms with van der Waals surface area (Å²) in [5.74, 6) is 2.42. The van der Waals surface area contributed by atoms with E-state index in [2.05, 4.69) is 43.9 Å². The number of fused-ring (bicyclic) bond motifs is 1. The zero-order chi connectivity index (χ0) is 19.8. The minimum atomic E-state index is 0.264. The van der Waals surface area contributed by atoms with Crippen LogP contribution >= 0.6 is 34.9 Å². The van der Waals surface area contributed by atoms with Crippen LogP contribution in [0.15, 0.2) is 45.5 Å². The molecule has 5 rings (SSSR count). The fourth-order valence-electron chi connectivity index (χ4n) is 3.73. The third kappa shape index (κ3) is 3.81. The van der Waals surface area contributed by atoms with Crippen LogP contribution in [-0.2, 0) is 13.1 Å². The Kier molecular flexibility index (Phi) is 5.09. The van der Waals surface area contributed by atoms with Crippen molar-refractivity contribution in [2.45, 2.75) is 26.1 Å². The van der Waals surface area contributed by atoms with Gasteiger partial charge in [0.2, 0.25) is 4.77 Å². The summed E-state index contributed by atoms with van der Waals surface area (Å²) in [6.45, 7) is 3.60. The van der Waals surface area contributed by atoms with Crippen LogP contribution in [0.3, 0.4) is 0 Å². The second kappa shape index (κ2) is 7.87. The predicted octanol–water partition coefficient (Wildman–Crippen LogP) is 5.74. The summed E-state index contributed by atoms with van der Waals surface area (Å²) in [6, 6.07) is 10.8. The Labute approximate surface area is 181 Å². The van der Waals surface area contributed by atoms with Crippen molar-refractivity contribution < 1.29 is 4.42 Å². The molecular formula is C21H20N4OS3. The van der Waals surface area contributed by atoms with Crippen LogP contribution in [0.1, 0.15) is 38.7 Å². The van der Waals surface area contributed by atoms with E-state index in [0.29, 0.717) is 11.4 Å². The number of rotatable bonds is 5. The van der Waals surface area contributed by atoms with Crippen LogP contribution in [0.4, 0.5) is 0 Å². The van der Waals surface area contributed by atoms with Gasteiger partial charge < -0.3 is 4.42 Å². The lowest BCUT2D eigenvalue weighted by Gasteiger charge is -2.35. The third-order valence-electron chi connectivity index (χ3n) is 5.06. The van der Waals surface area contributed by atoms with Crippen molar-refractivity contribution in [2.75, 3.05) is 6.54 Å². The van der Waals surface area contributed by atoms with Crippen molar-refractivity contribution in [3.8, 4) is 0 Å². The number of aromatic nitrogens is 3. The Morgan fingerprint density at radius 2 is 2.17 bits per heavy atom. The molecule has 0 spiro atoms. The Morgan fingerprint density at radius 1 is 1.24 bits per heavy atom. The molecule has 0 aliphatic carbocycles. The molecule has 1 aliphatic rings. The van der Waals surface area contributed by atoms with Gasteiger partial charge in [0, 0.05) is 16.3 Å². The van der Waals surface area contributed by atoms with Crippen molar-refractivity contribution in [2.24, 2.45) is 0 Å². The van der Waals surface area contributed by atoms with E-state index in [1.54, 1.807) is 0 Å². The van der Waals surface area contributed by atoms with Crippen molar-refractivity contribution in [3.05, 3.63) is 78.5 Å². The standard InChI is InChI=1S/C21H20N4OS3/c1-14-4-5-15(26-14)6-7-19-22-21(27)25(23-19)13-24-10-8-17-16(9-12-29-17)20(24)18-3-2-11-28-18/h2-7,9,11-12,20H,8,10,13H2,1H3,(H,22,23,27)/b7-6+. The number of furan rings is 1. The first-order valence-corrected chi connectivity index (χ1v) is 11.6. The molecule has 5 heterocycles. The largest absolute Gasteiger partial charge is 0.462 e. The number of hydrogen-bond acceptors (Lipinski definition) is 6. The SMILES string of the molecule is Cc1ccc(/C=C/c2nc(=S)n(CN3CCc4sccc4C3c3cccs3)[nH]2)o1. The minimum absolute atomic E-state index is 0.264. The molecule has 1 unspecified atom stereocenters. The van der Waals surface area contributed by atoms with E-state index in [0.717, 1.165) is 30.3 Å². The lowest BCUT2D eigenvalue weighted by Crippen LogP contribution is -2.36. The second-order valence-corrected chi connectivity index (χ2v) is 9.37. The molecule has 1 N–H and O–H groups in total. The monoisotopic (exact) mass is 440 g/mol. The van der Waals surface area contributed by atoms with Gasteiger partial charge in [-0.05, 0) is 78.3 Å². The topological polar surface area (TPSA) is 50.0 Å². The fourth-order valence-corrected chi connectivity index (χ4v) is 5.71. The summed E-state index contributed by atoms with van der Waals surface area (Å²) in [5, 5.41) is 7.68. The van der Waals surface area contributed by atoms with Gasteiger partial charge in [-0.3, -0.25) is 10.00 Å². The van der Waals surface area contributed by atoms with E-state index >= 15 is 0 Å². The van der Waals surface area contributed by atoms with Crippen LogP contribution in [-0.4, -0.2) is 26.2 Å². The smallest absolute Gasteiger partial charge is 0.217 e. The maximum atomic E-state index is 5.58. The first-order valence-electron chi connectivity index (χ1n) is 9.42. The lowest BCUT2D eigenvalue weighted by molar-refractivity contribution is 0.158. The molecule has 0 radical (unpaired) electrons. The average Bonchev–Trinajstić information content (AvgIpc) is 3.48. The normalized spacial score (nSPS) is 17.2. The highest BCUT2D eigenvalue weighted by atomic mass is 32.1. The van der Waals surface area contributed by atoms with E-state index in [-0.39, 0.29) is 6.04 Å². The first kappa shape index (κ1) is 18.7. The highest BCUT2D eigenvalue weighted by Gasteiger charge is 2.30. The minimum Gasteiger partial charge on any atom is -0.462 e. The predicted molar refractivity (Wildman–Crippen MR) is 121 cm³/mol. The number of thiophene rings is 2. The molecule has 8 heteroatoms. The number of hydrogen-bond donors (Lipinski definition) is 1. The Hall–Kier alpha value is -2.26. The molecule has 4 aromatic rings. The number of aryl methyl sites for hydroxylation is 1. The molecule has 0 amide bonds. The molecule has 29 heavy (non-hydrogen) atoms. The molecular weight excluding hydrogens is 420 g/mol. The number of aromatic amines is 1. The summed E-state index contributed by atoms with van der Waals surface area (Å²) >= 11 is 9.19.